The number of aliphatic carboxylic acids is 1. The van der Waals surface area contributed by atoms with Crippen molar-refractivity contribution in [3.63, 3.8) is 0 Å². The summed E-state index contributed by atoms with van der Waals surface area (Å²) in [7, 11) is 0. The predicted molar refractivity (Wildman–Crippen MR) is 95.6 cm³/mol. The van der Waals surface area contributed by atoms with Crippen molar-refractivity contribution in [2.24, 2.45) is 0 Å². The van der Waals surface area contributed by atoms with Crippen LogP contribution in [0, 0.1) is 0 Å². The summed E-state index contributed by atoms with van der Waals surface area (Å²) in [4.78, 5) is 22.6. The Morgan fingerprint density at radius 2 is 2.19 bits per heavy atom. The summed E-state index contributed by atoms with van der Waals surface area (Å²) in [5.41, 5.74) is 2.60. The fourth-order valence-electron chi connectivity index (χ4n) is 3.85. The highest BCUT2D eigenvalue weighted by Gasteiger charge is 2.32. The number of fused-ring (bicyclic) bond motifs is 2. The van der Waals surface area contributed by atoms with Crippen LogP contribution in [0.2, 0.25) is 0 Å². The fourth-order valence-corrected chi connectivity index (χ4v) is 3.85. The molecule has 1 N–H and O–H groups in total. The van der Waals surface area contributed by atoms with E-state index in [-0.39, 0.29) is 6.79 Å². The quantitative estimate of drug-likeness (QED) is 0.757. The maximum atomic E-state index is 11.6. The molecule has 2 aromatic heterocycles. The molecule has 0 radical (unpaired) electrons. The Hall–Kier alpha value is -3.13. The van der Waals surface area contributed by atoms with Crippen LogP contribution in [0.3, 0.4) is 0 Å². The number of ether oxygens (including phenoxy) is 2. The number of carboxylic acid groups (broad SMARTS) is 1. The summed E-state index contributed by atoms with van der Waals surface area (Å²) in [6, 6.07) is 7.11. The lowest BCUT2D eigenvalue weighted by atomic mass is 10.1. The normalized spacial score (nSPS) is 19.0. The summed E-state index contributed by atoms with van der Waals surface area (Å²) < 4.78 is 12.8. The zero-order valence-corrected chi connectivity index (χ0v) is 14.5. The predicted octanol–water partition coefficient (Wildman–Crippen LogP) is 2.17. The molecule has 0 amide bonds. The van der Waals surface area contributed by atoms with Crippen LogP contribution in [0.15, 0.2) is 36.7 Å². The number of hydrogen-bond acceptors (Lipinski definition) is 6. The third-order valence-corrected chi connectivity index (χ3v) is 5.15. The Morgan fingerprint density at radius 1 is 1.30 bits per heavy atom. The Kier molecular flexibility index (Phi) is 3.71. The van der Waals surface area contributed by atoms with Crippen molar-refractivity contribution in [3.05, 3.63) is 42.4 Å². The molecule has 1 saturated heterocycles. The first-order valence-corrected chi connectivity index (χ1v) is 8.89. The first-order chi connectivity index (χ1) is 13.2. The standard InChI is InChI=1S/C19H18N4O4/c24-18(25)13-3-1-7-22(13)10-14-17(21-19-20-6-2-8-23(14)19)12-4-5-15-16(9-12)27-11-26-15/h2,4-6,8-9,13H,1,3,7,10-11H2,(H,24,25)/t13-/m0/s1. The van der Waals surface area contributed by atoms with Crippen molar-refractivity contribution in [1.29, 1.82) is 0 Å². The highest BCUT2D eigenvalue weighted by molar-refractivity contribution is 5.74. The van der Waals surface area contributed by atoms with Crippen LogP contribution < -0.4 is 9.47 Å². The van der Waals surface area contributed by atoms with Gasteiger partial charge in [0.1, 0.15) is 6.04 Å². The summed E-state index contributed by atoms with van der Waals surface area (Å²) in [5.74, 6) is 1.22. The average Bonchev–Trinajstić information content (AvgIpc) is 3.40. The van der Waals surface area contributed by atoms with E-state index in [4.69, 9.17) is 14.5 Å². The Bertz CT molecular complexity index is 1030. The molecule has 2 aliphatic rings. The van der Waals surface area contributed by atoms with Crippen molar-refractivity contribution in [2.75, 3.05) is 13.3 Å². The van der Waals surface area contributed by atoms with Gasteiger partial charge in [-0.2, -0.15) is 0 Å². The van der Waals surface area contributed by atoms with Gasteiger partial charge in [-0.15, -0.1) is 0 Å². The van der Waals surface area contributed by atoms with Gasteiger partial charge in [0, 0.05) is 24.5 Å². The lowest BCUT2D eigenvalue weighted by Crippen LogP contribution is -2.35. The van der Waals surface area contributed by atoms with Crippen LogP contribution in [0.5, 0.6) is 11.5 Å². The van der Waals surface area contributed by atoms with Gasteiger partial charge in [0.25, 0.3) is 0 Å². The second-order valence-corrected chi connectivity index (χ2v) is 6.73. The van der Waals surface area contributed by atoms with Gasteiger partial charge >= 0.3 is 5.97 Å². The number of carboxylic acids is 1. The van der Waals surface area contributed by atoms with Crippen LogP contribution >= 0.6 is 0 Å². The molecule has 3 aromatic rings. The van der Waals surface area contributed by atoms with Crippen molar-refractivity contribution >= 4 is 11.7 Å². The van der Waals surface area contributed by atoms with Crippen LogP contribution in [0.1, 0.15) is 18.5 Å². The van der Waals surface area contributed by atoms with Gasteiger partial charge < -0.3 is 14.6 Å². The van der Waals surface area contributed by atoms with Crippen molar-refractivity contribution in [2.45, 2.75) is 25.4 Å². The third-order valence-electron chi connectivity index (χ3n) is 5.15. The molecule has 27 heavy (non-hydrogen) atoms. The first kappa shape index (κ1) is 16.1. The van der Waals surface area contributed by atoms with Gasteiger partial charge in [0.05, 0.1) is 11.4 Å². The minimum absolute atomic E-state index is 0.215. The van der Waals surface area contributed by atoms with Gasteiger partial charge in [0.15, 0.2) is 11.5 Å². The van der Waals surface area contributed by atoms with E-state index >= 15 is 0 Å². The van der Waals surface area contributed by atoms with E-state index in [0.717, 1.165) is 29.9 Å². The number of benzene rings is 1. The maximum absolute atomic E-state index is 11.6. The minimum Gasteiger partial charge on any atom is -0.480 e. The number of nitrogens with zero attached hydrogens (tertiary/aromatic N) is 4. The zero-order chi connectivity index (χ0) is 18.4. The minimum atomic E-state index is -0.774. The lowest BCUT2D eigenvalue weighted by Gasteiger charge is -2.21. The lowest BCUT2D eigenvalue weighted by molar-refractivity contribution is -0.142. The van der Waals surface area contributed by atoms with Gasteiger partial charge in [-0.3, -0.25) is 14.1 Å². The highest BCUT2D eigenvalue weighted by atomic mass is 16.7. The Balaban J connectivity index is 1.60. The zero-order valence-electron chi connectivity index (χ0n) is 14.5. The molecule has 0 aliphatic carbocycles. The molecule has 1 fully saturated rings. The number of rotatable bonds is 4. The second-order valence-electron chi connectivity index (χ2n) is 6.73. The smallest absolute Gasteiger partial charge is 0.320 e. The molecule has 1 atom stereocenters. The molecule has 0 bridgehead atoms. The van der Waals surface area contributed by atoms with E-state index in [1.165, 1.54) is 0 Å². The number of likely N-dealkylation sites (tertiary alicyclic amines) is 1. The van der Waals surface area contributed by atoms with Gasteiger partial charge in [0.2, 0.25) is 12.6 Å². The van der Waals surface area contributed by atoms with Gasteiger partial charge in [-0.05, 0) is 43.7 Å². The van der Waals surface area contributed by atoms with Crippen LogP contribution in [-0.4, -0.2) is 49.7 Å². The number of imidazole rings is 1. The molecule has 1 aromatic carbocycles. The number of hydrogen-bond donors (Lipinski definition) is 1. The van der Waals surface area contributed by atoms with Crippen LogP contribution in [-0.2, 0) is 11.3 Å². The van der Waals surface area contributed by atoms with E-state index in [2.05, 4.69) is 4.98 Å². The van der Waals surface area contributed by atoms with E-state index in [1.807, 2.05) is 39.8 Å². The van der Waals surface area contributed by atoms with Crippen molar-refractivity contribution < 1.29 is 19.4 Å². The largest absolute Gasteiger partial charge is 0.480 e. The maximum Gasteiger partial charge on any atom is 0.320 e. The molecule has 0 spiro atoms. The van der Waals surface area contributed by atoms with Crippen LogP contribution in [0.4, 0.5) is 0 Å². The summed E-state index contributed by atoms with van der Waals surface area (Å²) in [6.45, 7) is 1.46. The van der Waals surface area contributed by atoms with Gasteiger partial charge in [-0.1, -0.05) is 0 Å². The number of aromatic nitrogens is 3. The molecular formula is C19H18N4O4. The van der Waals surface area contributed by atoms with E-state index in [0.29, 0.717) is 30.2 Å². The van der Waals surface area contributed by atoms with Crippen molar-refractivity contribution in [3.8, 4) is 22.8 Å². The molecule has 5 rings (SSSR count). The Morgan fingerprint density at radius 3 is 3.07 bits per heavy atom. The molecule has 0 saturated carbocycles. The monoisotopic (exact) mass is 366 g/mol. The average molecular weight is 366 g/mol. The molecule has 2 aliphatic heterocycles. The van der Waals surface area contributed by atoms with E-state index in [1.54, 1.807) is 6.20 Å². The SMILES string of the molecule is O=C(O)[C@@H]1CCCN1Cc1c(-c2ccc3c(c2)OCO3)nc2ncccn12. The molecule has 8 heteroatoms. The van der Waals surface area contributed by atoms with E-state index in [9.17, 15) is 9.90 Å². The molecule has 8 nitrogen and oxygen atoms in total. The Labute approximate surface area is 155 Å². The van der Waals surface area contributed by atoms with E-state index < -0.39 is 12.0 Å². The third kappa shape index (κ3) is 2.69. The van der Waals surface area contributed by atoms with Gasteiger partial charge in [-0.25, -0.2) is 9.97 Å². The van der Waals surface area contributed by atoms with Crippen molar-refractivity contribution in [1.82, 2.24) is 19.3 Å². The summed E-state index contributed by atoms with van der Waals surface area (Å²) >= 11 is 0. The molecular weight excluding hydrogens is 348 g/mol. The number of carbonyl (C=O) groups is 1. The summed E-state index contributed by atoms with van der Waals surface area (Å²) in [5, 5.41) is 9.51. The topological polar surface area (TPSA) is 89.2 Å². The molecule has 4 heterocycles. The highest BCUT2D eigenvalue weighted by Crippen LogP contribution is 2.37. The molecule has 138 valence electrons. The summed E-state index contributed by atoms with van der Waals surface area (Å²) in [6.07, 6.45) is 5.16. The second kappa shape index (κ2) is 6.24. The van der Waals surface area contributed by atoms with Crippen LogP contribution in [0.25, 0.3) is 17.0 Å². The first-order valence-electron chi connectivity index (χ1n) is 8.89. The molecule has 0 unspecified atom stereocenters. The fraction of sp³-hybridized carbons (Fsp3) is 0.316.